The molecule has 0 radical (unpaired) electrons. The van der Waals surface area contributed by atoms with E-state index in [0.717, 1.165) is 5.56 Å². The zero-order chi connectivity index (χ0) is 15.1. The molecule has 2 amide bonds. The van der Waals surface area contributed by atoms with Crippen LogP contribution in [0.1, 0.15) is 5.56 Å². The average molecular weight is 290 g/mol. The van der Waals surface area contributed by atoms with Crippen molar-refractivity contribution >= 4 is 17.8 Å². The van der Waals surface area contributed by atoms with Crippen molar-refractivity contribution in [2.24, 2.45) is 0 Å². The number of hydrogen-bond acceptors (Lipinski definition) is 6. The Morgan fingerprint density at radius 3 is 3.00 bits per heavy atom. The number of ether oxygens (including phenoxy) is 1. The summed E-state index contributed by atoms with van der Waals surface area (Å²) in [5.74, 6) is -0.0183. The van der Waals surface area contributed by atoms with Crippen LogP contribution in [0, 0.1) is 0 Å². The van der Waals surface area contributed by atoms with Crippen LogP contribution in [0.3, 0.4) is 0 Å². The summed E-state index contributed by atoms with van der Waals surface area (Å²) in [5.41, 5.74) is 0.900. The first-order valence-corrected chi connectivity index (χ1v) is 6.08. The van der Waals surface area contributed by atoms with Gasteiger partial charge in [-0.3, -0.25) is 15.1 Å². The molecule has 2 rings (SSSR count). The minimum atomic E-state index is -0.650. The second kappa shape index (κ2) is 6.98. The molecular formula is C12H14N6O3. The zero-order valence-corrected chi connectivity index (χ0v) is 11.3. The number of anilines is 1. The molecule has 9 nitrogen and oxygen atoms in total. The fraction of sp³-hybridized carbons (Fsp3) is 0.250. The SMILES string of the molecule is COC(=O)Nc1cn(CC(=O)NCc2cccnc2)nn1. The number of aromatic nitrogens is 4. The zero-order valence-electron chi connectivity index (χ0n) is 11.3. The van der Waals surface area contributed by atoms with Crippen molar-refractivity contribution in [3.05, 3.63) is 36.3 Å². The van der Waals surface area contributed by atoms with E-state index < -0.39 is 6.09 Å². The van der Waals surface area contributed by atoms with Gasteiger partial charge in [-0.2, -0.15) is 0 Å². The van der Waals surface area contributed by atoms with Crippen molar-refractivity contribution in [1.29, 1.82) is 0 Å². The Balaban J connectivity index is 1.81. The number of carbonyl (C=O) groups excluding carboxylic acids is 2. The number of amides is 2. The van der Waals surface area contributed by atoms with Crippen molar-refractivity contribution < 1.29 is 14.3 Å². The summed E-state index contributed by atoms with van der Waals surface area (Å²) in [4.78, 5) is 26.7. The monoisotopic (exact) mass is 290 g/mol. The Hall–Kier alpha value is -2.97. The summed E-state index contributed by atoms with van der Waals surface area (Å²) in [6, 6.07) is 3.66. The Labute approximate surface area is 120 Å². The molecule has 0 atom stereocenters. The lowest BCUT2D eigenvalue weighted by molar-refractivity contribution is -0.122. The van der Waals surface area contributed by atoms with Gasteiger partial charge in [-0.1, -0.05) is 11.3 Å². The molecule has 0 bridgehead atoms. The molecule has 0 fully saturated rings. The number of nitrogens with zero attached hydrogens (tertiary/aromatic N) is 4. The maximum absolute atomic E-state index is 11.7. The first-order chi connectivity index (χ1) is 10.2. The third kappa shape index (κ3) is 4.56. The van der Waals surface area contributed by atoms with Gasteiger partial charge in [-0.15, -0.1) is 5.10 Å². The number of carbonyl (C=O) groups is 2. The van der Waals surface area contributed by atoms with E-state index in [2.05, 4.69) is 30.7 Å². The Bertz CT molecular complexity index is 612. The third-order valence-corrected chi connectivity index (χ3v) is 2.47. The van der Waals surface area contributed by atoms with Crippen LogP contribution in [-0.4, -0.2) is 39.1 Å². The van der Waals surface area contributed by atoms with Crippen molar-refractivity contribution in [1.82, 2.24) is 25.3 Å². The molecule has 0 aliphatic carbocycles. The maximum atomic E-state index is 11.7. The highest BCUT2D eigenvalue weighted by molar-refractivity contribution is 5.82. The highest BCUT2D eigenvalue weighted by Gasteiger charge is 2.08. The second-order valence-electron chi connectivity index (χ2n) is 4.06. The first-order valence-electron chi connectivity index (χ1n) is 6.08. The lowest BCUT2D eigenvalue weighted by atomic mass is 10.3. The molecule has 0 unspecified atom stereocenters. The molecule has 0 aliphatic heterocycles. The molecule has 21 heavy (non-hydrogen) atoms. The molecule has 0 saturated heterocycles. The number of pyridine rings is 1. The van der Waals surface area contributed by atoms with E-state index >= 15 is 0 Å². The van der Waals surface area contributed by atoms with Crippen LogP contribution >= 0.6 is 0 Å². The number of methoxy groups -OCH3 is 1. The van der Waals surface area contributed by atoms with Crippen LogP contribution in [0.15, 0.2) is 30.7 Å². The minimum absolute atomic E-state index is 0.00385. The van der Waals surface area contributed by atoms with Crippen LogP contribution in [0.2, 0.25) is 0 Å². The Morgan fingerprint density at radius 1 is 1.43 bits per heavy atom. The van der Waals surface area contributed by atoms with Gasteiger partial charge in [-0.05, 0) is 11.6 Å². The smallest absolute Gasteiger partial charge is 0.412 e. The van der Waals surface area contributed by atoms with Crippen LogP contribution in [0.5, 0.6) is 0 Å². The van der Waals surface area contributed by atoms with Gasteiger partial charge in [0.05, 0.1) is 13.3 Å². The largest absolute Gasteiger partial charge is 0.453 e. The highest BCUT2D eigenvalue weighted by Crippen LogP contribution is 2.00. The van der Waals surface area contributed by atoms with E-state index in [4.69, 9.17) is 0 Å². The average Bonchev–Trinajstić information content (AvgIpc) is 2.93. The van der Waals surface area contributed by atoms with Gasteiger partial charge in [0.2, 0.25) is 5.91 Å². The lowest BCUT2D eigenvalue weighted by Crippen LogP contribution is -2.27. The van der Waals surface area contributed by atoms with Gasteiger partial charge in [0, 0.05) is 18.9 Å². The number of rotatable bonds is 5. The molecule has 2 heterocycles. The van der Waals surface area contributed by atoms with Gasteiger partial charge >= 0.3 is 6.09 Å². The fourth-order valence-corrected chi connectivity index (χ4v) is 1.49. The standard InChI is InChI=1S/C12H14N6O3/c1-21-12(20)15-10-7-18(17-16-10)8-11(19)14-6-9-3-2-4-13-5-9/h2-5,7H,6,8H2,1H3,(H,14,19)(H,15,20). The minimum Gasteiger partial charge on any atom is -0.453 e. The molecule has 0 spiro atoms. The summed E-state index contributed by atoms with van der Waals surface area (Å²) < 4.78 is 5.73. The summed E-state index contributed by atoms with van der Waals surface area (Å²) in [6.07, 6.45) is 4.12. The molecule has 9 heteroatoms. The van der Waals surface area contributed by atoms with Gasteiger partial charge in [-0.25, -0.2) is 9.48 Å². The summed E-state index contributed by atoms with van der Waals surface area (Å²) >= 11 is 0. The van der Waals surface area contributed by atoms with E-state index in [1.165, 1.54) is 18.0 Å². The molecule has 0 saturated carbocycles. The van der Waals surface area contributed by atoms with Crippen LogP contribution in [-0.2, 0) is 22.6 Å². The normalized spacial score (nSPS) is 9.95. The predicted molar refractivity (Wildman–Crippen MR) is 72.1 cm³/mol. The quantitative estimate of drug-likeness (QED) is 0.812. The van der Waals surface area contributed by atoms with Gasteiger partial charge in [0.1, 0.15) is 6.54 Å². The van der Waals surface area contributed by atoms with Crippen molar-refractivity contribution in [2.75, 3.05) is 12.4 Å². The Morgan fingerprint density at radius 2 is 2.29 bits per heavy atom. The van der Waals surface area contributed by atoms with Crippen LogP contribution in [0.4, 0.5) is 10.6 Å². The first kappa shape index (κ1) is 14.4. The molecule has 2 N–H and O–H groups in total. The van der Waals surface area contributed by atoms with E-state index in [1.807, 2.05) is 6.07 Å². The van der Waals surface area contributed by atoms with Crippen molar-refractivity contribution in [3.8, 4) is 0 Å². The molecule has 110 valence electrons. The van der Waals surface area contributed by atoms with E-state index in [-0.39, 0.29) is 18.3 Å². The lowest BCUT2D eigenvalue weighted by Gasteiger charge is -2.04. The molecule has 0 aliphatic rings. The Kier molecular flexibility index (Phi) is 4.80. The number of nitrogens with one attached hydrogen (secondary N) is 2. The van der Waals surface area contributed by atoms with Crippen LogP contribution < -0.4 is 10.6 Å². The van der Waals surface area contributed by atoms with Crippen molar-refractivity contribution in [2.45, 2.75) is 13.1 Å². The van der Waals surface area contributed by atoms with E-state index in [0.29, 0.717) is 6.54 Å². The third-order valence-electron chi connectivity index (χ3n) is 2.47. The van der Waals surface area contributed by atoms with E-state index in [9.17, 15) is 9.59 Å². The summed E-state index contributed by atoms with van der Waals surface area (Å²) in [6.45, 7) is 0.380. The predicted octanol–water partition coefficient (Wildman–Crippen LogP) is 0.168. The number of hydrogen-bond donors (Lipinski definition) is 2. The van der Waals surface area contributed by atoms with Gasteiger partial charge in [0.15, 0.2) is 5.82 Å². The highest BCUT2D eigenvalue weighted by atomic mass is 16.5. The molecule has 0 aromatic carbocycles. The maximum Gasteiger partial charge on any atom is 0.412 e. The molecular weight excluding hydrogens is 276 g/mol. The van der Waals surface area contributed by atoms with Crippen molar-refractivity contribution in [3.63, 3.8) is 0 Å². The fourth-order valence-electron chi connectivity index (χ4n) is 1.49. The molecule has 2 aromatic rings. The van der Waals surface area contributed by atoms with Gasteiger partial charge in [0.25, 0.3) is 0 Å². The summed E-state index contributed by atoms with van der Waals surface area (Å²) in [7, 11) is 1.24. The molecule has 2 aromatic heterocycles. The second-order valence-corrected chi connectivity index (χ2v) is 4.06. The van der Waals surface area contributed by atoms with Gasteiger partial charge < -0.3 is 10.1 Å². The summed E-state index contributed by atoms with van der Waals surface area (Å²) in [5, 5.41) is 12.5. The van der Waals surface area contributed by atoms with E-state index in [1.54, 1.807) is 18.5 Å². The topological polar surface area (TPSA) is 111 Å². The van der Waals surface area contributed by atoms with Crippen LogP contribution in [0.25, 0.3) is 0 Å².